The van der Waals surface area contributed by atoms with Crippen molar-refractivity contribution in [3.8, 4) is 11.1 Å². The van der Waals surface area contributed by atoms with Gasteiger partial charge in [-0.25, -0.2) is 0 Å². The van der Waals surface area contributed by atoms with E-state index in [1.165, 1.54) is 59.4 Å². The van der Waals surface area contributed by atoms with E-state index in [0.29, 0.717) is 0 Å². The van der Waals surface area contributed by atoms with Crippen LogP contribution in [0.1, 0.15) is 0 Å². The fourth-order valence-corrected chi connectivity index (χ4v) is 5.34. The molecule has 0 fully saturated rings. The van der Waals surface area contributed by atoms with Gasteiger partial charge in [0.1, 0.15) is 0 Å². The third-order valence-corrected chi connectivity index (χ3v) is 6.70. The summed E-state index contributed by atoms with van der Waals surface area (Å²) in [6.45, 7) is 0. The van der Waals surface area contributed by atoms with Gasteiger partial charge in [0.15, 0.2) is 0 Å². The molecule has 6 aromatic carbocycles. The van der Waals surface area contributed by atoms with E-state index in [1.54, 1.807) is 0 Å². The van der Waals surface area contributed by atoms with Crippen LogP contribution in [0.5, 0.6) is 0 Å². The molecule has 0 atom stereocenters. The first-order valence-corrected chi connectivity index (χ1v) is 11.0. The lowest BCUT2D eigenvalue weighted by Crippen LogP contribution is -1.89. The van der Waals surface area contributed by atoms with Crippen molar-refractivity contribution in [2.24, 2.45) is 0 Å². The number of hydrogen-bond acceptors (Lipinski definition) is 1. The van der Waals surface area contributed by atoms with E-state index in [9.17, 15) is 0 Å². The molecule has 0 saturated heterocycles. The zero-order valence-electron chi connectivity index (χ0n) is 17.4. The highest BCUT2D eigenvalue weighted by Gasteiger charge is 2.15. The van der Waals surface area contributed by atoms with Crippen molar-refractivity contribution < 1.29 is 0 Å². The lowest BCUT2D eigenvalue weighted by atomic mass is 9.86. The van der Waals surface area contributed by atoms with Crippen LogP contribution in [0.25, 0.3) is 65.0 Å². The van der Waals surface area contributed by atoms with Crippen LogP contribution in [0.2, 0.25) is 0 Å². The summed E-state index contributed by atoms with van der Waals surface area (Å²) in [5.74, 6) is 0. The van der Waals surface area contributed by atoms with Crippen molar-refractivity contribution in [1.29, 1.82) is 0 Å². The van der Waals surface area contributed by atoms with Crippen LogP contribution in [0, 0.1) is 0 Å². The molecular weight excluding hydrogens is 386 g/mol. The molecule has 1 heterocycles. The van der Waals surface area contributed by atoms with Gasteiger partial charge in [-0.05, 0) is 71.6 Å². The first kappa shape index (κ1) is 17.5. The number of hydrogen-bond donors (Lipinski definition) is 0. The fraction of sp³-hybridized carbons (Fsp3) is 0. The number of pyridine rings is 1. The Hall–Kier alpha value is -4.23. The number of aromatic nitrogens is 1. The molecule has 148 valence electrons. The van der Waals surface area contributed by atoms with E-state index < -0.39 is 0 Å². The van der Waals surface area contributed by atoms with E-state index in [0.717, 1.165) is 5.56 Å². The number of fused-ring (bicyclic) bond motifs is 11. The average Bonchev–Trinajstić information content (AvgIpc) is 2.88. The minimum absolute atomic E-state index is 1.14. The zero-order valence-corrected chi connectivity index (χ0v) is 17.4. The maximum atomic E-state index is 4.34. The molecule has 0 aliphatic heterocycles. The van der Waals surface area contributed by atoms with Crippen LogP contribution in [-0.4, -0.2) is 4.98 Å². The van der Waals surface area contributed by atoms with Crippen molar-refractivity contribution in [1.82, 2.24) is 4.98 Å². The lowest BCUT2D eigenvalue weighted by Gasteiger charge is -2.17. The summed E-state index contributed by atoms with van der Waals surface area (Å²) in [6, 6.07) is 37.5. The van der Waals surface area contributed by atoms with Crippen LogP contribution >= 0.6 is 0 Å². The van der Waals surface area contributed by atoms with Crippen molar-refractivity contribution in [3.05, 3.63) is 116 Å². The summed E-state index contributed by atoms with van der Waals surface area (Å²) in [7, 11) is 0. The molecule has 7 rings (SSSR count). The molecule has 0 amide bonds. The third-order valence-electron chi connectivity index (χ3n) is 6.70. The Morgan fingerprint density at radius 2 is 0.875 bits per heavy atom. The van der Waals surface area contributed by atoms with Gasteiger partial charge in [-0.2, -0.15) is 0 Å². The Kier molecular flexibility index (Phi) is 3.62. The van der Waals surface area contributed by atoms with Gasteiger partial charge in [-0.15, -0.1) is 0 Å². The van der Waals surface area contributed by atoms with Gasteiger partial charge in [0.2, 0.25) is 0 Å². The Morgan fingerprint density at radius 1 is 0.375 bits per heavy atom. The second-order valence-electron chi connectivity index (χ2n) is 8.39. The Bertz CT molecular complexity index is 1800. The molecule has 0 radical (unpaired) electrons. The standard InChI is InChI=1S/C31H19N/c1-4-12-26-22(9-1)23-10-2-6-14-28(23)31-29-18-20(21-8-7-17-32-19-21)15-16-25(29)24-11-3-5-13-27(24)30(26)31/h1-19H. The van der Waals surface area contributed by atoms with E-state index in [-0.39, 0.29) is 0 Å². The minimum Gasteiger partial charge on any atom is -0.264 e. The van der Waals surface area contributed by atoms with Crippen LogP contribution in [-0.2, 0) is 0 Å². The number of rotatable bonds is 1. The van der Waals surface area contributed by atoms with Gasteiger partial charge in [-0.3, -0.25) is 4.98 Å². The molecule has 0 spiro atoms. The second-order valence-corrected chi connectivity index (χ2v) is 8.39. The highest BCUT2D eigenvalue weighted by Crippen LogP contribution is 2.44. The number of nitrogens with zero attached hydrogens (tertiary/aromatic N) is 1. The molecule has 1 nitrogen and oxygen atoms in total. The monoisotopic (exact) mass is 405 g/mol. The van der Waals surface area contributed by atoms with Gasteiger partial charge in [0.05, 0.1) is 0 Å². The molecule has 7 aromatic rings. The van der Waals surface area contributed by atoms with Crippen molar-refractivity contribution in [2.45, 2.75) is 0 Å². The van der Waals surface area contributed by atoms with Crippen LogP contribution in [0.3, 0.4) is 0 Å². The zero-order chi connectivity index (χ0) is 21.1. The second kappa shape index (κ2) is 6.63. The summed E-state index contributed by atoms with van der Waals surface area (Å²) in [6.07, 6.45) is 3.77. The largest absolute Gasteiger partial charge is 0.264 e. The first-order chi connectivity index (χ1) is 15.9. The average molecular weight is 406 g/mol. The summed E-state index contributed by atoms with van der Waals surface area (Å²) in [5, 5.41) is 13.1. The molecular formula is C31H19N. The van der Waals surface area contributed by atoms with Gasteiger partial charge >= 0.3 is 0 Å². The Labute approximate surface area is 185 Å². The molecule has 0 saturated carbocycles. The maximum Gasteiger partial charge on any atom is 0.0346 e. The van der Waals surface area contributed by atoms with Crippen LogP contribution in [0.15, 0.2) is 116 Å². The molecule has 0 aliphatic rings. The molecule has 0 N–H and O–H groups in total. The predicted molar refractivity (Wildman–Crippen MR) is 137 cm³/mol. The number of benzene rings is 6. The Morgan fingerprint density at radius 3 is 1.41 bits per heavy atom. The summed E-state index contributed by atoms with van der Waals surface area (Å²) in [5.41, 5.74) is 2.33. The van der Waals surface area contributed by atoms with E-state index in [1.807, 2.05) is 18.5 Å². The maximum absolute atomic E-state index is 4.34. The van der Waals surface area contributed by atoms with Gasteiger partial charge in [0.25, 0.3) is 0 Å². The molecule has 1 heteroatoms. The van der Waals surface area contributed by atoms with E-state index in [4.69, 9.17) is 0 Å². The molecule has 0 bridgehead atoms. The minimum atomic E-state index is 1.14. The summed E-state index contributed by atoms with van der Waals surface area (Å²) >= 11 is 0. The van der Waals surface area contributed by atoms with E-state index >= 15 is 0 Å². The molecule has 32 heavy (non-hydrogen) atoms. The molecule has 1 aromatic heterocycles. The quantitative estimate of drug-likeness (QED) is 0.249. The fourth-order valence-electron chi connectivity index (χ4n) is 5.34. The van der Waals surface area contributed by atoms with Crippen molar-refractivity contribution in [3.63, 3.8) is 0 Å². The highest BCUT2D eigenvalue weighted by molar-refractivity contribution is 6.39. The predicted octanol–water partition coefficient (Wildman–Crippen LogP) is 8.51. The molecule has 0 aliphatic carbocycles. The summed E-state index contributed by atoms with van der Waals surface area (Å²) < 4.78 is 0. The lowest BCUT2D eigenvalue weighted by molar-refractivity contribution is 1.33. The topological polar surface area (TPSA) is 12.9 Å². The van der Waals surface area contributed by atoms with E-state index in [2.05, 4.69) is 102 Å². The van der Waals surface area contributed by atoms with Crippen molar-refractivity contribution >= 4 is 53.9 Å². The SMILES string of the molecule is c1cncc(-c2ccc3c4ccccc4c4c5ccccc5c5ccccc5c4c3c2)c1. The molecule has 0 unspecified atom stereocenters. The third kappa shape index (κ3) is 2.36. The highest BCUT2D eigenvalue weighted by atomic mass is 14.6. The first-order valence-electron chi connectivity index (χ1n) is 11.0. The summed E-state index contributed by atoms with van der Waals surface area (Å²) in [4.78, 5) is 4.34. The normalized spacial score (nSPS) is 11.8. The van der Waals surface area contributed by atoms with Crippen LogP contribution in [0.4, 0.5) is 0 Å². The Balaban J connectivity index is 1.82. The van der Waals surface area contributed by atoms with Crippen LogP contribution < -0.4 is 0 Å². The van der Waals surface area contributed by atoms with Gasteiger partial charge in [-0.1, -0.05) is 91.0 Å². The van der Waals surface area contributed by atoms with Gasteiger partial charge in [0, 0.05) is 18.0 Å². The van der Waals surface area contributed by atoms with Crippen molar-refractivity contribution in [2.75, 3.05) is 0 Å². The van der Waals surface area contributed by atoms with Gasteiger partial charge < -0.3 is 0 Å². The smallest absolute Gasteiger partial charge is 0.0346 e.